The fraction of sp³-hybridized carbons (Fsp3) is 0.267. The molecule has 0 unspecified atom stereocenters. The molecule has 21 heavy (non-hydrogen) atoms. The fourth-order valence-corrected chi connectivity index (χ4v) is 2.44. The molecule has 1 aliphatic rings. The number of anilines is 1. The number of nitrogens with zero attached hydrogens (tertiary/aromatic N) is 3. The van der Waals surface area contributed by atoms with E-state index in [2.05, 4.69) is 15.7 Å². The van der Waals surface area contributed by atoms with Crippen LogP contribution in [0.5, 0.6) is 0 Å². The Morgan fingerprint density at radius 3 is 2.90 bits per heavy atom. The van der Waals surface area contributed by atoms with Crippen molar-refractivity contribution in [1.29, 1.82) is 5.26 Å². The Morgan fingerprint density at radius 2 is 2.24 bits per heavy atom. The smallest absolute Gasteiger partial charge is 0.230 e. The van der Waals surface area contributed by atoms with E-state index in [-0.39, 0.29) is 11.8 Å². The predicted octanol–water partition coefficient (Wildman–Crippen LogP) is 1.43. The summed E-state index contributed by atoms with van der Waals surface area (Å²) in [5, 5.41) is 19.2. The number of aromatic nitrogens is 2. The van der Waals surface area contributed by atoms with E-state index in [0.29, 0.717) is 18.1 Å². The summed E-state index contributed by atoms with van der Waals surface area (Å²) in [6, 6.07) is 11.2. The highest BCUT2D eigenvalue weighted by Gasteiger charge is 2.23. The molecule has 3 rings (SSSR count). The van der Waals surface area contributed by atoms with Gasteiger partial charge in [0.1, 0.15) is 0 Å². The maximum atomic E-state index is 12.1. The summed E-state index contributed by atoms with van der Waals surface area (Å²) in [4.78, 5) is 12.1. The molecular weight excluding hydrogens is 266 g/mol. The van der Waals surface area contributed by atoms with Gasteiger partial charge in [-0.3, -0.25) is 4.79 Å². The zero-order valence-corrected chi connectivity index (χ0v) is 11.4. The van der Waals surface area contributed by atoms with Crippen molar-refractivity contribution in [2.45, 2.75) is 6.42 Å². The maximum absolute atomic E-state index is 12.1. The molecule has 1 atom stereocenters. The lowest BCUT2D eigenvalue weighted by Gasteiger charge is -2.06. The van der Waals surface area contributed by atoms with Gasteiger partial charge in [-0.1, -0.05) is 30.3 Å². The van der Waals surface area contributed by atoms with Crippen molar-refractivity contribution in [2.75, 3.05) is 18.4 Å². The van der Waals surface area contributed by atoms with Crippen LogP contribution in [0.4, 0.5) is 5.82 Å². The number of nitriles is 1. The zero-order chi connectivity index (χ0) is 14.7. The maximum Gasteiger partial charge on any atom is 0.230 e. The Labute approximate surface area is 122 Å². The Balaban J connectivity index is 1.83. The SMILES string of the molecule is N#Cn1nc(NC(=O)[C@H]2CCNC2)cc1-c1ccccc1. The molecule has 6 nitrogen and oxygen atoms in total. The van der Waals surface area contributed by atoms with Gasteiger partial charge in [0.25, 0.3) is 0 Å². The average molecular weight is 281 g/mol. The number of hydrogen-bond donors (Lipinski definition) is 2. The van der Waals surface area contributed by atoms with Crippen LogP contribution in [0.2, 0.25) is 0 Å². The average Bonchev–Trinajstić information content (AvgIpc) is 3.17. The number of carbonyl (C=O) groups is 1. The third-order valence-corrected chi connectivity index (χ3v) is 3.56. The summed E-state index contributed by atoms with van der Waals surface area (Å²) in [5.74, 6) is 0.326. The zero-order valence-electron chi connectivity index (χ0n) is 11.4. The third-order valence-electron chi connectivity index (χ3n) is 3.56. The minimum absolute atomic E-state index is 0.0302. The van der Waals surface area contributed by atoms with Crippen LogP contribution < -0.4 is 10.6 Å². The largest absolute Gasteiger partial charge is 0.316 e. The Bertz CT molecular complexity index is 680. The first-order chi connectivity index (χ1) is 10.3. The lowest BCUT2D eigenvalue weighted by atomic mass is 10.1. The number of amides is 1. The highest BCUT2D eigenvalue weighted by Crippen LogP contribution is 2.22. The van der Waals surface area contributed by atoms with Gasteiger partial charge in [-0.2, -0.15) is 9.94 Å². The Morgan fingerprint density at radius 1 is 1.43 bits per heavy atom. The molecule has 1 aromatic carbocycles. The van der Waals surface area contributed by atoms with Crippen molar-refractivity contribution in [2.24, 2.45) is 5.92 Å². The third kappa shape index (κ3) is 2.78. The monoisotopic (exact) mass is 281 g/mol. The molecule has 2 aromatic rings. The molecule has 1 saturated heterocycles. The van der Waals surface area contributed by atoms with E-state index in [1.807, 2.05) is 36.5 Å². The predicted molar refractivity (Wildman–Crippen MR) is 78.3 cm³/mol. The van der Waals surface area contributed by atoms with Gasteiger partial charge < -0.3 is 10.6 Å². The van der Waals surface area contributed by atoms with Crippen LogP contribution in [0.25, 0.3) is 11.3 Å². The minimum Gasteiger partial charge on any atom is -0.316 e. The van der Waals surface area contributed by atoms with Crippen molar-refractivity contribution in [3.05, 3.63) is 36.4 Å². The molecule has 0 bridgehead atoms. The van der Waals surface area contributed by atoms with Crippen molar-refractivity contribution in [3.63, 3.8) is 0 Å². The van der Waals surface area contributed by atoms with E-state index in [0.717, 1.165) is 18.5 Å². The lowest BCUT2D eigenvalue weighted by molar-refractivity contribution is -0.119. The van der Waals surface area contributed by atoms with Crippen LogP contribution in [-0.4, -0.2) is 28.8 Å². The quantitative estimate of drug-likeness (QED) is 0.891. The van der Waals surface area contributed by atoms with Gasteiger partial charge in [-0.25, -0.2) is 0 Å². The molecule has 0 radical (unpaired) electrons. The molecule has 1 amide bonds. The van der Waals surface area contributed by atoms with Crippen LogP contribution in [0.3, 0.4) is 0 Å². The van der Waals surface area contributed by atoms with Crippen LogP contribution in [0.15, 0.2) is 36.4 Å². The van der Waals surface area contributed by atoms with Gasteiger partial charge >= 0.3 is 0 Å². The van der Waals surface area contributed by atoms with Crippen molar-refractivity contribution in [1.82, 2.24) is 15.1 Å². The first kappa shape index (κ1) is 13.3. The molecule has 0 aliphatic carbocycles. The van der Waals surface area contributed by atoms with Gasteiger partial charge in [-0.15, -0.1) is 5.10 Å². The molecule has 2 N–H and O–H groups in total. The standard InChI is InChI=1S/C15H15N5O/c16-10-20-13(11-4-2-1-3-5-11)8-14(19-20)18-15(21)12-6-7-17-9-12/h1-5,8,12,17H,6-7,9H2,(H,18,19,21)/t12-/m0/s1. The number of benzene rings is 1. The molecule has 1 aliphatic heterocycles. The number of rotatable bonds is 3. The summed E-state index contributed by atoms with van der Waals surface area (Å²) in [7, 11) is 0. The van der Waals surface area contributed by atoms with Crippen LogP contribution in [0, 0.1) is 17.4 Å². The molecule has 0 saturated carbocycles. The van der Waals surface area contributed by atoms with Crippen LogP contribution in [-0.2, 0) is 4.79 Å². The Kier molecular flexibility index (Phi) is 3.67. The fourth-order valence-electron chi connectivity index (χ4n) is 2.44. The van der Waals surface area contributed by atoms with E-state index in [9.17, 15) is 4.79 Å². The molecule has 0 spiro atoms. The van der Waals surface area contributed by atoms with E-state index < -0.39 is 0 Å². The highest BCUT2D eigenvalue weighted by atomic mass is 16.2. The second-order valence-corrected chi connectivity index (χ2v) is 4.97. The molecule has 1 aromatic heterocycles. The minimum atomic E-state index is -0.0535. The molecule has 6 heteroatoms. The number of nitrogens with one attached hydrogen (secondary N) is 2. The number of hydrogen-bond acceptors (Lipinski definition) is 4. The van der Waals surface area contributed by atoms with Crippen molar-refractivity contribution < 1.29 is 4.79 Å². The summed E-state index contributed by atoms with van der Waals surface area (Å²) in [6.07, 6.45) is 2.83. The van der Waals surface area contributed by atoms with E-state index in [1.165, 1.54) is 4.68 Å². The number of carbonyl (C=O) groups excluding carboxylic acids is 1. The van der Waals surface area contributed by atoms with Gasteiger partial charge in [0.15, 0.2) is 5.82 Å². The summed E-state index contributed by atoms with van der Waals surface area (Å²) < 4.78 is 1.22. The molecule has 1 fully saturated rings. The second kappa shape index (κ2) is 5.77. The lowest BCUT2D eigenvalue weighted by Crippen LogP contribution is -2.24. The van der Waals surface area contributed by atoms with Gasteiger partial charge in [-0.05, 0) is 13.0 Å². The second-order valence-electron chi connectivity index (χ2n) is 4.97. The van der Waals surface area contributed by atoms with Crippen molar-refractivity contribution in [3.8, 4) is 17.5 Å². The summed E-state index contributed by atoms with van der Waals surface area (Å²) in [6.45, 7) is 1.55. The van der Waals surface area contributed by atoms with Gasteiger partial charge in [0, 0.05) is 18.2 Å². The molecular formula is C15H15N5O. The van der Waals surface area contributed by atoms with Crippen LogP contribution in [0.1, 0.15) is 6.42 Å². The topological polar surface area (TPSA) is 82.7 Å². The first-order valence-electron chi connectivity index (χ1n) is 6.85. The molecule has 2 heterocycles. The van der Waals surface area contributed by atoms with E-state index in [1.54, 1.807) is 6.07 Å². The molecule has 106 valence electrons. The van der Waals surface area contributed by atoms with E-state index >= 15 is 0 Å². The normalized spacial score (nSPS) is 17.4. The van der Waals surface area contributed by atoms with Gasteiger partial charge in [0.2, 0.25) is 12.1 Å². The summed E-state index contributed by atoms with van der Waals surface area (Å²) >= 11 is 0. The highest BCUT2D eigenvalue weighted by molar-refractivity contribution is 5.92. The Hall–Kier alpha value is -2.65. The first-order valence-corrected chi connectivity index (χ1v) is 6.85. The van der Waals surface area contributed by atoms with E-state index in [4.69, 9.17) is 5.26 Å². The van der Waals surface area contributed by atoms with Crippen LogP contribution >= 0.6 is 0 Å². The van der Waals surface area contributed by atoms with Crippen molar-refractivity contribution >= 4 is 11.7 Å². The summed E-state index contributed by atoms with van der Waals surface area (Å²) in [5.41, 5.74) is 1.55. The van der Waals surface area contributed by atoms with Gasteiger partial charge in [0.05, 0.1) is 11.6 Å².